The topological polar surface area (TPSA) is 21.3 Å². The fourth-order valence-electron chi connectivity index (χ4n) is 2.00. The van der Waals surface area contributed by atoms with Gasteiger partial charge in [-0.25, -0.2) is 0 Å². The maximum Gasteiger partial charge on any atom is 0.411 e. The van der Waals surface area contributed by atoms with Crippen molar-refractivity contribution in [3.05, 3.63) is 48.0 Å². The standard InChI is InChI=1S/C15H16F3NO/c16-15(17,18)11-20-9-8-19-10-13-6-3-5-12-4-1-2-7-14(12)13/h1-7,19H,8-11H2. The lowest BCUT2D eigenvalue weighted by Gasteiger charge is -2.10. The van der Waals surface area contributed by atoms with E-state index in [4.69, 9.17) is 0 Å². The molecule has 108 valence electrons. The van der Waals surface area contributed by atoms with Gasteiger partial charge in [-0.1, -0.05) is 42.5 Å². The Morgan fingerprint density at radius 3 is 2.55 bits per heavy atom. The molecule has 0 unspecified atom stereocenters. The monoisotopic (exact) mass is 283 g/mol. The van der Waals surface area contributed by atoms with E-state index in [0.29, 0.717) is 13.1 Å². The highest BCUT2D eigenvalue weighted by molar-refractivity contribution is 5.85. The van der Waals surface area contributed by atoms with Crippen LogP contribution in [0.2, 0.25) is 0 Å². The molecule has 0 saturated carbocycles. The number of fused-ring (bicyclic) bond motifs is 1. The zero-order chi connectivity index (χ0) is 14.4. The number of rotatable bonds is 6. The van der Waals surface area contributed by atoms with Crippen molar-refractivity contribution < 1.29 is 17.9 Å². The first-order chi connectivity index (χ1) is 9.56. The van der Waals surface area contributed by atoms with Crippen molar-refractivity contribution >= 4 is 10.8 Å². The van der Waals surface area contributed by atoms with Gasteiger partial charge in [0, 0.05) is 13.1 Å². The fourth-order valence-corrected chi connectivity index (χ4v) is 2.00. The Morgan fingerprint density at radius 2 is 1.75 bits per heavy atom. The molecule has 0 amide bonds. The molecule has 0 fully saturated rings. The first-order valence-corrected chi connectivity index (χ1v) is 6.38. The van der Waals surface area contributed by atoms with E-state index in [1.54, 1.807) is 0 Å². The van der Waals surface area contributed by atoms with Crippen molar-refractivity contribution in [3.63, 3.8) is 0 Å². The van der Waals surface area contributed by atoms with E-state index < -0.39 is 12.8 Å². The molecule has 2 aromatic rings. The van der Waals surface area contributed by atoms with E-state index in [9.17, 15) is 13.2 Å². The van der Waals surface area contributed by atoms with E-state index in [-0.39, 0.29) is 6.61 Å². The molecule has 1 N–H and O–H groups in total. The molecule has 0 heterocycles. The number of ether oxygens (including phenoxy) is 1. The third-order valence-corrected chi connectivity index (χ3v) is 2.88. The Labute approximate surface area is 115 Å². The lowest BCUT2D eigenvalue weighted by Crippen LogP contribution is -2.23. The first kappa shape index (κ1) is 14.8. The second-order valence-electron chi connectivity index (χ2n) is 4.48. The summed E-state index contributed by atoms with van der Waals surface area (Å²) < 4.78 is 40.1. The van der Waals surface area contributed by atoms with Crippen LogP contribution in [0.15, 0.2) is 42.5 Å². The van der Waals surface area contributed by atoms with E-state index in [1.165, 1.54) is 0 Å². The largest absolute Gasteiger partial charge is 0.411 e. The summed E-state index contributed by atoms with van der Waals surface area (Å²) in [7, 11) is 0. The molecule has 0 saturated heterocycles. The quantitative estimate of drug-likeness (QED) is 0.819. The third-order valence-electron chi connectivity index (χ3n) is 2.88. The zero-order valence-corrected chi connectivity index (χ0v) is 10.9. The van der Waals surface area contributed by atoms with E-state index in [0.717, 1.165) is 16.3 Å². The van der Waals surface area contributed by atoms with Gasteiger partial charge in [0.25, 0.3) is 0 Å². The number of hydrogen-bond acceptors (Lipinski definition) is 2. The van der Waals surface area contributed by atoms with Gasteiger partial charge in [0.05, 0.1) is 6.61 Å². The van der Waals surface area contributed by atoms with Gasteiger partial charge in [-0.2, -0.15) is 13.2 Å². The highest BCUT2D eigenvalue weighted by atomic mass is 19.4. The van der Waals surface area contributed by atoms with Crippen LogP contribution in [0.1, 0.15) is 5.56 Å². The van der Waals surface area contributed by atoms with Crippen LogP contribution < -0.4 is 5.32 Å². The minimum absolute atomic E-state index is 0.0459. The molecule has 0 atom stereocenters. The van der Waals surface area contributed by atoms with Crippen LogP contribution in [0.4, 0.5) is 13.2 Å². The molecule has 2 aromatic carbocycles. The van der Waals surface area contributed by atoms with Gasteiger partial charge < -0.3 is 10.1 Å². The summed E-state index contributed by atoms with van der Waals surface area (Å²) in [6.07, 6.45) is -4.25. The van der Waals surface area contributed by atoms with Gasteiger partial charge in [0.2, 0.25) is 0 Å². The van der Waals surface area contributed by atoms with Crippen molar-refractivity contribution in [2.24, 2.45) is 0 Å². The molecule has 0 radical (unpaired) electrons. The van der Waals surface area contributed by atoms with Gasteiger partial charge >= 0.3 is 6.18 Å². The average molecular weight is 283 g/mol. The van der Waals surface area contributed by atoms with Gasteiger partial charge in [-0.15, -0.1) is 0 Å². The molecule has 2 rings (SSSR count). The highest BCUT2D eigenvalue weighted by Gasteiger charge is 2.27. The number of alkyl halides is 3. The summed E-state index contributed by atoms with van der Waals surface area (Å²) in [6, 6.07) is 14.0. The molecule has 0 aromatic heterocycles. The molecule has 0 aliphatic rings. The molecule has 0 aliphatic heterocycles. The summed E-state index contributed by atoms with van der Waals surface area (Å²) in [4.78, 5) is 0. The maximum atomic E-state index is 11.9. The van der Waals surface area contributed by atoms with Crippen LogP contribution in [0, 0.1) is 0 Å². The summed E-state index contributed by atoms with van der Waals surface area (Å²) >= 11 is 0. The Bertz CT molecular complexity index is 549. The van der Waals surface area contributed by atoms with Crippen molar-refractivity contribution in [2.45, 2.75) is 12.7 Å². The van der Waals surface area contributed by atoms with Gasteiger partial charge in [0.15, 0.2) is 0 Å². The molecular weight excluding hydrogens is 267 g/mol. The van der Waals surface area contributed by atoms with Crippen LogP contribution >= 0.6 is 0 Å². The Morgan fingerprint density at radius 1 is 1.00 bits per heavy atom. The van der Waals surface area contributed by atoms with Crippen LogP contribution in [0.3, 0.4) is 0 Å². The van der Waals surface area contributed by atoms with Crippen molar-refractivity contribution in [2.75, 3.05) is 19.8 Å². The van der Waals surface area contributed by atoms with Crippen LogP contribution in [0.5, 0.6) is 0 Å². The summed E-state index contributed by atoms with van der Waals surface area (Å²) in [5.41, 5.74) is 1.12. The SMILES string of the molecule is FC(F)(F)COCCNCc1cccc2ccccc12. The smallest absolute Gasteiger partial charge is 0.371 e. The Balaban J connectivity index is 1.79. The van der Waals surface area contributed by atoms with Crippen molar-refractivity contribution in [1.29, 1.82) is 0 Å². The van der Waals surface area contributed by atoms with Crippen LogP contribution in [0.25, 0.3) is 10.8 Å². The second-order valence-corrected chi connectivity index (χ2v) is 4.48. The van der Waals surface area contributed by atoms with E-state index in [2.05, 4.69) is 10.1 Å². The van der Waals surface area contributed by atoms with Gasteiger partial charge in [-0.05, 0) is 16.3 Å². The highest BCUT2D eigenvalue weighted by Crippen LogP contribution is 2.18. The predicted molar refractivity (Wildman–Crippen MR) is 72.5 cm³/mol. The molecule has 5 heteroatoms. The average Bonchev–Trinajstić information content (AvgIpc) is 2.41. The fraction of sp³-hybridized carbons (Fsp3) is 0.333. The van der Waals surface area contributed by atoms with Crippen LogP contribution in [-0.4, -0.2) is 25.9 Å². The lowest BCUT2D eigenvalue weighted by molar-refractivity contribution is -0.173. The van der Waals surface area contributed by atoms with Crippen molar-refractivity contribution in [1.82, 2.24) is 5.32 Å². The predicted octanol–water partition coefficient (Wildman–Crippen LogP) is 3.51. The minimum Gasteiger partial charge on any atom is -0.371 e. The lowest BCUT2D eigenvalue weighted by atomic mass is 10.0. The number of nitrogens with one attached hydrogen (secondary N) is 1. The molecule has 0 aliphatic carbocycles. The normalized spacial score (nSPS) is 11.9. The molecular formula is C15H16F3NO. The third kappa shape index (κ3) is 4.51. The van der Waals surface area contributed by atoms with Crippen molar-refractivity contribution in [3.8, 4) is 0 Å². The van der Waals surface area contributed by atoms with E-state index >= 15 is 0 Å². The molecule has 0 spiro atoms. The number of halogens is 3. The van der Waals surface area contributed by atoms with Gasteiger partial charge in [0.1, 0.15) is 6.61 Å². The molecule has 0 bridgehead atoms. The molecule has 2 nitrogen and oxygen atoms in total. The van der Waals surface area contributed by atoms with Crippen LogP contribution in [-0.2, 0) is 11.3 Å². The Hall–Kier alpha value is -1.59. The summed E-state index contributed by atoms with van der Waals surface area (Å²) in [6.45, 7) is -0.150. The first-order valence-electron chi connectivity index (χ1n) is 6.38. The zero-order valence-electron chi connectivity index (χ0n) is 10.9. The second kappa shape index (κ2) is 6.72. The maximum absolute atomic E-state index is 11.9. The van der Waals surface area contributed by atoms with E-state index in [1.807, 2.05) is 42.5 Å². The number of hydrogen-bond donors (Lipinski definition) is 1. The Kier molecular flexibility index (Phi) is 4.98. The number of benzene rings is 2. The summed E-state index contributed by atoms with van der Waals surface area (Å²) in [5.74, 6) is 0. The van der Waals surface area contributed by atoms with Gasteiger partial charge in [-0.3, -0.25) is 0 Å². The molecule has 20 heavy (non-hydrogen) atoms. The minimum atomic E-state index is -4.25. The summed E-state index contributed by atoms with van der Waals surface area (Å²) in [5, 5.41) is 5.39.